The van der Waals surface area contributed by atoms with Crippen LogP contribution in [0.5, 0.6) is 0 Å². The van der Waals surface area contributed by atoms with E-state index in [0.29, 0.717) is 32.3 Å². The van der Waals surface area contributed by atoms with Crippen LogP contribution in [0.25, 0.3) is 16.6 Å². The SMILES string of the molecule is COC[C@H](C)Nc1ncc2c(-c3cnn(C(C)(C)C(=O)N4CCO[C@H](C(C)(C)C)C4)c3)cc(C3CCC(O)CC3)n2n1. The van der Waals surface area contributed by atoms with Crippen LogP contribution in [0.15, 0.2) is 24.7 Å². The van der Waals surface area contributed by atoms with Gasteiger partial charge in [0.15, 0.2) is 0 Å². The number of methoxy groups -OCH3 is 1. The number of nitrogens with zero attached hydrogens (tertiary/aromatic N) is 6. The topological polar surface area (TPSA) is 119 Å². The maximum absolute atomic E-state index is 13.8. The van der Waals surface area contributed by atoms with Gasteiger partial charge in [-0.25, -0.2) is 9.50 Å². The molecule has 1 aliphatic heterocycles. The van der Waals surface area contributed by atoms with Crippen LogP contribution in [0.1, 0.15) is 78.8 Å². The molecular weight excluding hydrogens is 534 g/mol. The van der Waals surface area contributed by atoms with Crippen LogP contribution in [0.2, 0.25) is 0 Å². The Morgan fingerprint density at radius 2 is 1.93 bits per heavy atom. The van der Waals surface area contributed by atoms with Gasteiger partial charge in [0.2, 0.25) is 11.9 Å². The van der Waals surface area contributed by atoms with Crippen LogP contribution >= 0.6 is 0 Å². The predicted molar refractivity (Wildman–Crippen MR) is 161 cm³/mol. The van der Waals surface area contributed by atoms with E-state index < -0.39 is 5.54 Å². The van der Waals surface area contributed by atoms with Crippen LogP contribution in [-0.4, -0.2) is 92.0 Å². The number of carbonyl (C=O) groups excluding carboxylic acids is 1. The molecule has 2 aliphatic rings. The lowest BCUT2D eigenvalue weighted by Crippen LogP contribution is -2.55. The van der Waals surface area contributed by atoms with Gasteiger partial charge in [-0.3, -0.25) is 9.48 Å². The molecule has 42 heavy (non-hydrogen) atoms. The van der Waals surface area contributed by atoms with Crippen molar-refractivity contribution in [3.05, 3.63) is 30.4 Å². The second-order valence-corrected chi connectivity index (χ2v) is 13.6. The Bertz CT molecular complexity index is 1380. The molecule has 0 bridgehead atoms. The number of aliphatic hydroxyl groups excluding tert-OH is 1. The van der Waals surface area contributed by atoms with Crippen LogP contribution < -0.4 is 5.32 Å². The summed E-state index contributed by atoms with van der Waals surface area (Å²) in [5.41, 5.74) is 2.93. The average Bonchev–Trinajstić information content (AvgIpc) is 3.59. The number of hydrogen-bond acceptors (Lipinski definition) is 8. The molecule has 1 aliphatic carbocycles. The van der Waals surface area contributed by atoms with Crippen molar-refractivity contribution >= 4 is 17.4 Å². The fourth-order valence-corrected chi connectivity index (χ4v) is 6.10. The van der Waals surface area contributed by atoms with Crippen molar-refractivity contribution in [2.75, 3.05) is 38.7 Å². The van der Waals surface area contributed by atoms with E-state index >= 15 is 0 Å². The van der Waals surface area contributed by atoms with Crippen molar-refractivity contribution in [3.63, 3.8) is 0 Å². The number of fused-ring (bicyclic) bond motifs is 1. The number of nitrogens with one attached hydrogen (secondary N) is 1. The van der Waals surface area contributed by atoms with E-state index in [1.807, 2.05) is 48.8 Å². The van der Waals surface area contributed by atoms with Crippen molar-refractivity contribution in [2.24, 2.45) is 5.41 Å². The van der Waals surface area contributed by atoms with Crippen LogP contribution in [0, 0.1) is 5.41 Å². The summed E-state index contributed by atoms with van der Waals surface area (Å²) in [7, 11) is 1.68. The lowest BCUT2D eigenvalue weighted by molar-refractivity contribution is -0.151. The molecule has 11 heteroatoms. The number of carbonyl (C=O) groups is 1. The second-order valence-electron chi connectivity index (χ2n) is 13.6. The van der Waals surface area contributed by atoms with Crippen molar-refractivity contribution in [3.8, 4) is 11.1 Å². The maximum Gasteiger partial charge on any atom is 0.250 e. The molecule has 4 heterocycles. The molecule has 2 N–H and O–H groups in total. The Labute approximate surface area is 248 Å². The van der Waals surface area contributed by atoms with Gasteiger partial charge in [-0.1, -0.05) is 20.8 Å². The van der Waals surface area contributed by atoms with E-state index in [4.69, 9.17) is 19.7 Å². The van der Waals surface area contributed by atoms with Gasteiger partial charge < -0.3 is 24.8 Å². The number of aromatic nitrogens is 5. The molecule has 3 aromatic heterocycles. The quantitative estimate of drug-likeness (QED) is 0.409. The van der Waals surface area contributed by atoms with Gasteiger partial charge in [0.25, 0.3) is 0 Å². The number of ether oxygens (including phenoxy) is 2. The van der Waals surface area contributed by atoms with Gasteiger partial charge >= 0.3 is 0 Å². The monoisotopic (exact) mass is 581 g/mol. The summed E-state index contributed by atoms with van der Waals surface area (Å²) in [5.74, 6) is 0.842. The second kappa shape index (κ2) is 11.9. The fourth-order valence-electron chi connectivity index (χ4n) is 6.10. The lowest BCUT2D eigenvalue weighted by Gasteiger charge is -2.42. The van der Waals surface area contributed by atoms with Crippen LogP contribution in [0.4, 0.5) is 5.95 Å². The highest BCUT2D eigenvalue weighted by Gasteiger charge is 2.39. The minimum Gasteiger partial charge on any atom is -0.393 e. The molecule has 0 unspecified atom stereocenters. The van der Waals surface area contributed by atoms with E-state index in [9.17, 15) is 9.90 Å². The van der Waals surface area contributed by atoms with Gasteiger partial charge in [0.05, 0.1) is 43.3 Å². The predicted octanol–water partition coefficient (Wildman–Crippen LogP) is 4.07. The summed E-state index contributed by atoms with van der Waals surface area (Å²) < 4.78 is 15.0. The fraction of sp³-hybridized carbons (Fsp3) is 0.677. The highest BCUT2D eigenvalue weighted by atomic mass is 16.5. The molecule has 1 amide bonds. The first-order chi connectivity index (χ1) is 19.9. The highest BCUT2D eigenvalue weighted by molar-refractivity contribution is 5.85. The number of anilines is 1. The molecule has 1 saturated carbocycles. The Morgan fingerprint density at radius 3 is 2.62 bits per heavy atom. The Morgan fingerprint density at radius 1 is 1.19 bits per heavy atom. The third-order valence-electron chi connectivity index (χ3n) is 8.76. The molecule has 2 atom stereocenters. The first-order valence-corrected chi connectivity index (χ1v) is 15.2. The molecule has 230 valence electrons. The van der Waals surface area contributed by atoms with Gasteiger partial charge in [-0.2, -0.15) is 5.10 Å². The Balaban J connectivity index is 1.46. The number of hydrogen-bond donors (Lipinski definition) is 2. The zero-order chi connectivity index (χ0) is 30.2. The Hall–Kier alpha value is -3.02. The maximum atomic E-state index is 13.8. The first kappa shape index (κ1) is 30.4. The zero-order valence-electron chi connectivity index (χ0n) is 26.1. The average molecular weight is 582 g/mol. The van der Waals surface area contributed by atoms with E-state index in [2.05, 4.69) is 37.1 Å². The van der Waals surface area contributed by atoms with E-state index in [-0.39, 0.29) is 35.5 Å². The lowest BCUT2D eigenvalue weighted by atomic mass is 9.85. The largest absolute Gasteiger partial charge is 0.393 e. The Kier molecular flexibility index (Phi) is 8.65. The molecule has 0 spiro atoms. The first-order valence-electron chi connectivity index (χ1n) is 15.2. The van der Waals surface area contributed by atoms with Crippen molar-refractivity contribution < 1.29 is 19.4 Å². The van der Waals surface area contributed by atoms with Gasteiger partial charge in [-0.05, 0) is 57.9 Å². The minimum absolute atomic E-state index is 0.0110. The summed E-state index contributed by atoms with van der Waals surface area (Å²) in [6, 6.07) is 2.24. The van der Waals surface area contributed by atoms with Crippen molar-refractivity contribution in [2.45, 2.75) is 96.9 Å². The molecule has 3 aromatic rings. The standard InChI is InChI=1S/C31H47N7O4/c1-20(19-41-7)34-29-32-16-26-24(14-25(38(26)35-29)21-8-10-23(39)11-9-21)22-15-33-37(17-22)31(5,6)28(40)36-12-13-42-27(18-36)30(2,3)4/h14-17,20-21,23,27,39H,8-13,18-19H2,1-7H3,(H,34,35)/t20-,21?,23?,27-/m0/s1. The minimum atomic E-state index is -0.874. The summed E-state index contributed by atoms with van der Waals surface area (Å²) in [4.78, 5) is 20.3. The number of rotatable bonds is 8. The van der Waals surface area contributed by atoms with Crippen molar-refractivity contribution in [1.29, 1.82) is 0 Å². The molecule has 0 radical (unpaired) electrons. The molecule has 1 saturated heterocycles. The summed E-state index contributed by atoms with van der Waals surface area (Å²) in [6.07, 6.45) is 8.73. The molecule has 5 rings (SSSR count). The third kappa shape index (κ3) is 6.18. The molecule has 2 fully saturated rings. The molecular formula is C31H47N7O4. The highest BCUT2D eigenvalue weighted by Crippen LogP contribution is 2.38. The van der Waals surface area contributed by atoms with Crippen LogP contribution in [0.3, 0.4) is 0 Å². The number of amides is 1. The van der Waals surface area contributed by atoms with Crippen LogP contribution in [-0.2, 0) is 19.8 Å². The van der Waals surface area contributed by atoms with Gasteiger partial charge in [-0.15, -0.1) is 5.10 Å². The van der Waals surface area contributed by atoms with E-state index in [0.717, 1.165) is 48.0 Å². The van der Waals surface area contributed by atoms with Crippen molar-refractivity contribution in [1.82, 2.24) is 29.3 Å². The number of morpholine rings is 1. The summed E-state index contributed by atoms with van der Waals surface area (Å²) >= 11 is 0. The third-order valence-corrected chi connectivity index (χ3v) is 8.76. The van der Waals surface area contributed by atoms with Gasteiger partial charge in [0.1, 0.15) is 5.54 Å². The number of aliphatic hydroxyl groups is 1. The zero-order valence-corrected chi connectivity index (χ0v) is 26.1. The normalized spacial score (nSPS) is 22.9. The van der Waals surface area contributed by atoms with Gasteiger partial charge in [0, 0.05) is 55.2 Å². The molecule has 0 aromatic carbocycles. The summed E-state index contributed by atoms with van der Waals surface area (Å²) in [6.45, 7) is 14.5. The molecule has 11 nitrogen and oxygen atoms in total. The van der Waals surface area contributed by atoms with E-state index in [1.165, 1.54) is 0 Å². The van der Waals surface area contributed by atoms with E-state index in [1.54, 1.807) is 11.8 Å². The smallest absolute Gasteiger partial charge is 0.250 e. The summed E-state index contributed by atoms with van der Waals surface area (Å²) in [5, 5.41) is 23.0.